The number of amides is 1. The van der Waals surface area contributed by atoms with Crippen molar-refractivity contribution >= 4 is 39.7 Å². The molecule has 0 radical (unpaired) electrons. The number of carbonyl (C=O) groups is 2. The Hall–Kier alpha value is -4.25. The molecule has 1 atom stereocenters. The third-order valence-electron chi connectivity index (χ3n) is 4.57. The van der Waals surface area contributed by atoms with Gasteiger partial charge in [0.25, 0.3) is 5.91 Å². The van der Waals surface area contributed by atoms with Gasteiger partial charge in [0.05, 0.1) is 23.8 Å². The number of benzene rings is 3. The molecule has 0 saturated heterocycles. The fraction of sp³-hybridized carbons (Fsp3) is 0.125. The monoisotopic (exact) mass is 541 g/mol. The molecular weight excluding hydrogens is 522 g/mol. The molecule has 3 aromatic carbocycles. The van der Waals surface area contributed by atoms with E-state index in [1.807, 2.05) is 0 Å². The highest BCUT2D eigenvalue weighted by atomic mass is 79.9. The Kier molecular flexibility index (Phi) is 8.52. The van der Waals surface area contributed by atoms with E-state index in [9.17, 15) is 19.7 Å². The van der Waals surface area contributed by atoms with E-state index in [1.54, 1.807) is 42.5 Å². The Morgan fingerprint density at radius 3 is 2.54 bits per heavy atom. The van der Waals surface area contributed by atoms with Crippen molar-refractivity contribution in [3.8, 4) is 17.2 Å². The summed E-state index contributed by atoms with van der Waals surface area (Å²) in [6.45, 7) is 1.44. The van der Waals surface area contributed by atoms with Crippen molar-refractivity contribution in [2.75, 3.05) is 7.11 Å². The van der Waals surface area contributed by atoms with Crippen LogP contribution in [0.1, 0.15) is 22.8 Å². The molecule has 0 unspecified atom stereocenters. The number of hydrogen-bond donors (Lipinski definition) is 1. The Bertz CT molecular complexity index is 1280. The predicted molar refractivity (Wildman–Crippen MR) is 131 cm³/mol. The van der Waals surface area contributed by atoms with E-state index in [4.69, 9.17) is 14.2 Å². The van der Waals surface area contributed by atoms with Gasteiger partial charge in [0.15, 0.2) is 23.4 Å². The summed E-state index contributed by atoms with van der Waals surface area (Å²) in [7, 11) is 1.43. The number of nitro benzene ring substituents is 1. The van der Waals surface area contributed by atoms with Crippen LogP contribution in [0, 0.1) is 10.1 Å². The van der Waals surface area contributed by atoms with Gasteiger partial charge in [-0.25, -0.2) is 10.2 Å². The second-order valence-corrected chi connectivity index (χ2v) is 7.95. The number of methoxy groups -OCH3 is 1. The normalized spacial score (nSPS) is 11.5. The fourth-order valence-corrected chi connectivity index (χ4v) is 3.24. The van der Waals surface area contributed by atoms with Crippen LogP contribution in [0.3, 0.4) is 0 Å². The molecule has 0 heterocycles. The summed E-state index contributed by atoms with van der Waals surface area (Å²) < 4.78 is 16.9. The third-order valence-corrected chi connectivity index (χ3v) is 5.07. The van der Waals surface area contributed by atoms with Gasteiger partial charge in [-0.3, -0.25) is 14.9 Å². The van der Waals surface area contributed by atoms with Crippen molar-refractivity contribution in [1.82, 2.24) is 5.43 Å². The van der Waals surface area contributed by atoms with Crippen molar-refractivity contribution in [3.05, 3.63) is 92.4 Å². The molecule has 0 spiro atoms. The topological polar surface area (TPSA) is 129 Å². The summed E-state index contributed by atoms with van der Waals surface area (Å²) in [5.41, 5.74) is 2.99. The van der Waals surface area contributed by atoms with E-state index in [0.29, 0.717) is 11.1 Å². The Morgan fingerprint density at radius 2 is 1.83 bits per heavy atom. The zero-order valence-corrected chi connectivity index (χ0v) is 20.2. The lowest BCUT2D eigenvalue weighted by molar-refractivity contribution is -0.386. The molecule has 0 aromatic heterocycles. The summed E-state index contributed by atoms with van der Waals surface area (Å²) in [6, 6.07) is 17.3. The van der Waals surface area contributed by atoms with E-state index in [2.05, 4.69) is 26.5 Å². The molecule has 1 N–H and O–H groups in total. The Balaban J connectivity index is 1.62. The molecule has 1 amide bonds. The van der Waals surface area contributed by atoms with E-state index >= 15 is 0 Å². The van der Waals surface area contributed by atoms with E-state index in [1.165, 1.54) is 44.5 Å². The highest BCUT2D eigenvalue weighted by Crippen LogP contribution is 2.29. The maximum atomic E-state index is 12.4. The minimum atomic E-state index is -1.04. The highest BCUT2D eigenvalue weighted by molar-refractivity contribution is 9.10. The first-order valence-electron chi connectivity index (χ1n) is 10.2. The number of nitro groups is 1. The molecular formula is C24H20BrN3O7. The summed E-state index contributed by atoms with van der Waals surface area (Å²) in [5, 5.41) is 15.0. The maximum absolute atomic E-state index is 12.4. The van der Waals surface area contributed by atoms with Crippen LogP contribution in [0.25, 0.3) is 0 Å². The fourth-order valence-electron chi connectivity index (χ4n) is 2.84. The van der Waals surface area contributed by atoms with Crippen molar-refractivity contribution in [3.63, 3.8) is 0 Å². The Morgan fingerprint density at radius 1 is 1.06 bits per heavy atom. The van der Waals surface area contributed by atoms with Gasteiger partial charge in [-0.15, -0.1) is 0 Å². The molecule has 0 aliphatic heterocycles. The molecule has 3 aromatic rings. The summed E-state index contributed by atoms with van der Waals surface area (Å²) in [5.74, 6) is -0.680. The lowest BCUT2D eigenvalue weighted by atomic mass is 10.2. The molecule has 10 nitrogen and oxygen atoms in total. The van der Waals surface area contributed by atoms with Gasteiger partial charge < -0.3 is 14.2 Å². The van der Waals surface area contributed by atoms with Gasteiger partial charge in [0, 0.05) is 10.5 Å². The molecule has 0 bridgehead atoms. The van der Waals surface area contributed by atoms with Gasteiger partial charge in [0.2, 0.25) is 0 Å². The van der Waals surface area contributed by atoms with Crippen molar-refractivity contribution < 1.29 is 28.7 Å². The molecule has 0 saturated carbocycles. The SMILES string of the molecule is COc1cc(/C=N\NC(=O)[C@H](C)Oc2ccccc2[N+](=O)[O-])ccc1OC(=O)c1cccc(Br)c1. The average molecular weight is 542 g/mol. The first kappa shape index (κ1) is 25.4. The first-order chi connectivity index (χ1) is 16.8. The van der Waals surface area contributed by atoms with Gasteiger partial charge >= 0.3 is 11.7 Å². The molecule has 0 aliphatic carbocycles. The smallest absolute Gasteiger partial charge is 0.343 e. The quantitative estimate of drug-likeness (QED) is 0.139. The lowest BCUT2D eigenvalue weighted by Gasteiger charge is -2.13. The van der Waals surface area contributed by atoms with Gasteiger partial charge in [-0.05, 0) is 55.0 Å². The van der Waals surface area contributed by atoms with Gasteiger partial charge in [-0.2, -0.15) is 5.10 Å². The first-order valence-corrected chi connectivity index (χ1v) is 11.0. The summed E-state index contributed by atoms with van der Waals surface area (Å²) in [6.07, 6.45) is 0.320. The molecule has 3 rings (SSSR count). The minimum absolute atomic E-state index is 0.0261. The Labute approximate surface area is 208 Å². The zero-order valence-electron chi connectivity index (χ0n) is 18.6. The van der Waals surface area contributed by atoms with Crippen LogP contribution in [-0.2, 0) is 4.79 Å². The highest BCUT2D eigenvalue weighted by Gasteiger charge is 2.20. The van der Waals surface area contributed by atoms with Crippen LogP contribution < -0.4 is 19.6 Å². The number of nitrogens with one attached hydrogen (secondary N) is 1. The van der Waals surface area contributed by atoms with Crippen molar-refractivity contribution in [2.24, 2.45) is 5.10 Å². The number of nitrogens with zero attached hydrogens (tertiary/aromatic N) is 2. The number of hydrogen-bond acceptors (Lipinski definition) is 8. The second kappa shape index (κ2) is 11.7. The maximum Gasteiger partial charge on any atom is 0.343 e. The predicted octanol–water partition coefficient (Wildman–Crippen LogP) is 4.50. The number of halogens is 1. The number of para-hydroxylation sites is 2. The van der Waals surface area contributed by atoms with E-state index < -0.39 is 22.9 Å². The molecule has 180 valence electrons. The van der Waals surface area contributed by atoms with Crippen LogP contribution in [0.2, 0.25) is 0 Å². The minimum Gasteiger partial charge on any atom is -0.493 e. The lowest BCUT2D eigenvalue weighted by Crippen LogP contribution is -2.33. The largest absolute Gasteiger partial charge is 0.493 e. The standard InChI is InChI=1S/C24H20BrN3O7/c1-15(34-20-9-4-3-8-19(20)28(31)32)23(29)27-26-14-16-10-11-21(22(12-16)33-2)35-24(30)17-6-5-7-18(25)13-17/h3-15H,1-2H3,(H,27,29)/b26-14-/t15-/m0/s1. The van der Waals surface area contributed by atoms with Crippen LogP contribution >= 0.6 is 15.9 Å². The van der Waals surface area contributed by atoms with Crippen molar-refractivity contribution in [1.29, 1.82) is 0 Å². The van der Waals surface area contributed by atoms with Crippen LogP contribution in [0.5, 0.6) is 17.2 Å². The van der Waals surface area contributed by atoms with Crippen LogP contribution in [0.15, 0.2) is 76.3 Å². The number of ether oxygens (including phenoxy) is 3. The number of rotatable bonds is 9. The van der Waals surface area contributed by atoms with Gasteiger partial charge in [-0.1, -0.05) is 34.1 Å². The summed E-state index contributed by atoms with van der Waals surface area (Å²) in [4.78, 5) is 35.2. The molecule has 0 fully saturated rings. The van der Waals surface area contributed by atoms with E-state index in [0.717, 1.165) is 4.47 Å². The summed E-state index contributed by atoms with van der Waals surface area (Å²) >= 11 is 3.31. The zero-order chi connectivity index (χ0) is 25.4. The van der Waals surface area contributed by atoms with E-state index in [-0.39, 0.29) is 22.9 Å². The number of esters is 1. The van der Waals surface area contributed by atoms with Gasteiger partial charge in [0.1, 0.15) is 0 Å². The second-order valence-electron chi connectivity index (χ2n) is 7.03. The van der Waals surface area contributed by atoms with Crippen LogP contribution in [0.4, 0.5) is 5.69 Å². The molecule has 0 aliphatic rings. The number of carbonyl (C=O) groups excluding carboxylic acids is 2. The average Bonchev–Trinajstić information content (AvgIpc) is 2.84. The number of hydrazone groups is 1. The molecule has 35 heavy (non-hydrogen) atoms. The van der Waals surface area contributed by atoms with Crippen LogP contribution in [-0.4, -0.2) is 36.2 Å². The molecule has 11 heteroatoms. The third kappa shape index (κ3) is 6.87. The van der Waals surface area contributed by atoms with Crippen molar-refractivity contribution in [2.45, 2.75) is 13.0 Å².